The van der Waals surface area contributed by atoms with Gasteiger partial charge in [-0.25, -0.2) is 19.3 Å². The quantitative estimate of drug-likeness (QED) is 0.583. The van der Waals surface area contributed by atoms with Crippen LogP contribution in [-0.2, 0) is 7.05 Å². The number of rotatable bonds is 2. The van der Waals surface area contributed by atoms with E-state index < -0.39 is 0 Å². The molecule has 3 heterocycles. The van der Waals surface area contributed by atoms with Crippen LogP contribution in [0, 0.1) is 5.82 Å². The Morgan fingerprint density at radius 1 is 1.12 bits per heavy atom. The van der Waals surface area contributed by atoms with Gasteiger partial charge in [-0.05, 0) is 12.1 Å². The summed E-state index contributed by atoms with van der Waals surface area (Å²) in [6.07, 6.45) is 3.08. The summed E-state index contributed by atoms with van der Waals surface area (Å²) in [7, 11) is 1.74. The second-order valence-corrected chi connectivity index (χ2v) is 5.53. The number of anilines is 1. The standard InChI is InChI=1S/C17H13FN6O/c1-24-7-10(14(23-24)9-4-2-3-5-11(9)18)15-16-12(20-8-21-15)6-13(25)17(19)22-16/h2-8,25H,1H3,(H2,19,22). The third-order valence-corrected chi connectivity index (χ3v) is 3.83. The molecule has 0 aliphatic heterocycles. The number of hydrogen-bond donors (Lipinski definition) is 2. The van der Waals surface area contributed by atoms with E-state index in [1.807, 2.05) is 0 Å². The maximum Gasteiger partial charge on any atom is 0.166 e. The molecule has 0 unspecified atom stereocenters. The fourth-order valence-corrected chi connectivity index (χ4v) is 2.70. The molecule has 7 nitrogen and oxygen atoms in total. The first kappa shape index (κ1) is 15.0. The first-order valence-corrected chi connectivity index (χ1v) is 7.43. The van der Waals surface area contributed by atoms with Crippen molar-refractivity contribution in [2.75, 3.05) is 5.73 Å². The van der Waals surface area contributed by atoms with Gasteiger partial charge in [0.25, 0.3) is 0 Å². The lowest BCUT2D eigenvalue weighted by Gasteiger charge is -2.07. The monoisotopic (exact) mass is 336 g/mol. The highest BCUT2D eigenvalue weighted by Crippen LogP contribution is 2.35. The zero-order valence-corrected chi connectivity index (χ0v) is 13.2. The summed E-state index contributed by atoms with van der Waals surface area (Å²) in [4.78, 5) is 12.6. The molecule has 0 fully saturated rings. The Hall–Kier alpha value is -3.55. The van der Waals surface area contributed by atoms with Crippen molar-refractivity contribution in [2.45, 2.75) is 0 Å². The van der Waals surface area contributed by atoms with E-state index in [9.17, 15) is 9.50 Å². The van der Waals surface area contributed by atoms with Crippen LogP contribution in [0.5, 0.6) is 5.75 Å². The molecule has 4 rings (SSSR count). The number of aromatic nitrogens is 5. The van der Waals surface area contributed by atoms with Gasteiger partial charge < -0.3 is 10.8 Å². The largest absolute Gasteiger partial charge is 0.504 e. The molecular formula is C17H13FN6O. The Labute approximate surface area is 141 Å². The number of aryl methyl sites for hydroxylation is 1. The molecule has 0 atom stereocenters. The number of aromatic hydroxyl groups is 1. The van der Waals surface area contributed by atoms with Gasteiger partial charge in [0.05, 0.1) is 5.52 Å². The third kappa shape index (κ3) is 2.44. The average Bonchev–Trinajstić information content (AvgIpc) is 2.97. The minimum atomic E-state index is -0.383. The van der Waals surface area contributed by atoms with Crippen LogP contribution in [0.4, 0.5) is 10.2 Å². The second-order valence-electron chi connectivity index (χ2n) is 5.53. The fourth-order valence-electron chi connectivity index (χ4n) is 2.70. The van der Waals surface area contributed by atoms with Crippen molar-refractivity contribution in [2.24, 2.45) is 7.05 Å². The van der Waals surface area contributed by atoms with E-state index in [1.54, 1.807) is 36.1 Å². The Bertz CT molecular complexity index is 1110. The van der Waals surface area contributed by atoms with E-state index >= 15 is 0 Å². The summed E-state index contributed by atoms with van der Waals surface area (Å²) >= 11 is 0. The highest BCUT2D eigenvalue weighted by atomic mass is 19.1. The van der Waals surface area contributed by atoms with E-state index in [2.05, 4.69) is 20.1 Å². The highest BCUT2D eigenvalue weighted by molar-refractivity contribution is 5.94. The van der Waals surface area contributed by atoms with Crippen molar-refractivity contribution < 1.29 is 9.50 Å². The summed E-state index contributed by atoms with van der Waals surface area (Å²) in [6, 6.07) is 7.80. The number of pyridine rings is 1. The van der Waals surface area contributed by atoms with Crippen molar-refractivity contribution in [3.8, 4) is 28.3 Å². The van der Waals surface area contributed by atoms with Crippen LogP contribution in [-0.4, -0.2) is 29.8 Å². The zero-order valence-electron chi connectivity index (χ0n) is 13.2. The average molecular weight is 336 g/mol. The predicted molar refractivity (Wildman–Crippen MR) is 91.0 cm³/mol. The minimum absolute atomic E-state index is 0.0279. The molecule has 0 amide bonds. The Balaban J connectivity index is 2.03. The number of nitrogen functional groups attached to an aromatic ring is 1. The highest BCUT2D eigenvalue weighted by Gasteiger charge is 2.19. The molecule has 1 aromatic carbocycles. The summed E-state index contributed by atoms with van der Waals surface area (Å²) < 4.78 is 15.8. The van der Waals surface area contributed by atoms with Crippen LogP contribution in [0.25, 0.3) is 33.5 Å². The van der Waals surface area contributed by atoms with E-state index in [1.165, 1.54) is 18.5 Å². The van der Waals surface area contributed by atoms with Crippen LogP contribution in [0.2, 0.25) is 0 Å². The van der Waals surface area contributed by atoms with Crippen LogP contribution in [0.3, 0.4) is 0 Å². The molecule has 3 N–H and O–H groups in total. The van der Waals surface area contributed by atoms with Gasteiger partial charge >= 0.3 is 0 Å². The number of nitrogens with zero attached hydrogens (tertiary/aromatic N) is 5. The van der Waals surface area contributed by atoms with E-state index in [4.69, 9.17) is 5.73 Å². The SMILES string of the molecule is Cn1cc(-c2ncnc3cc(O)c(N)nc23)c(-c2ccccc2F)n1. The van der Waals surface area contributed by atoms with E-state index in [0.717, 1.165) is 0 Å². The lowest BCUT2D eigenvalue weighted by atomic mass is 10.0. The summed E-state index contributed by atoms with van der Waals surface area (Å²) in [5.74, 6) is -0.566. The first-order valence-electron chi connectivity index (χ1n) is 7.43. The lowest BCUT2D eigenvalue weighted by Crippen LogP contribution is -1.97. The molecule has 0 aliphatic rings. The molecule has 3 aromatic heterocycles. The van der Waals surface area contributed by atoms with Gasteiger partial charge in [-0.1, -0.05) is 12.1 Å². The smallest absolute Gasteiger partial charge is 0.166 e. The van der Waals surface area contributed by atoms with Gasteiger partial charge in [0, 0.05) is 30.4 Å². The van der Waals surface area contributed by atoms with Crippen molar-refractivity contribution in [3.63, 3.8) is 0 Å². The third-order valence-electron chi connectivity index (χ3n) is 3.83. The predicted octanol–water partition coefficient (Wildman–Crippen LogP) is 2.52. The molecule has 0 bridgehead atoms. The van der Waals surface area contributed by atoms with Crippen LogP contribution < -0.4 is 5.73 Å². The molecule has 0 aliphatic carbocycles. The molecule has 0 saturated heterocycles. The zero-order chi connectivity index (χ0) is 17.6. The van der Waals surface area contributed by atoms with Gasteiger partial charge in [-0.3, -0.25) is 4.68 Å². The molecule has 0 spiro atoms. The lowest BCUT2D eigenvalue weighted by molar-refractivity contribution is 0.477. The van der Waals surface area contributed by atoms with E-state index in [-0.39, 0.29) is 17.4 Å². The van der Waals surface area contributed by atoms with Crippen LogP contribution in [0.1, 0.15) is 0 Å². The van der Waals surface area contributed by atoms with E-state index in [0.29, 0.717) is 33.5 Å². The van der Waals surface area contributed by atoms with Gasteiger partial charge in [0.15, 0.2) is 11.6 Å². The summed E-state index contributed by atoms with van der Waals surface area (Å²) in [5.41, 5.74) is 8.40. The fraction of sp³-hybridized carbons (Fsp3) is 0.0588. The Kier molecular flexibility index (Phi) is 3.31. The number of nitrogens with two attached hydrogens (primary N) is 1. The normalized spacial score (nSPS) is 11.1. The minimum Gasteiger partial charge on any atom is -0.504 e. The van der Waals surface area contributed by atoms with Crippen molar-refractivity contribution in [3.05, 3.63) is 48.7 Å². The topological polar surface area (TPSA) is 103 Å². The van der Waals surface area contributed by atoms with Gasteiger partial charge in [-0.2, -0.15) is 5.10 Å². The van der Waals surface area contributed by atoms with Gasteiger partial charge in [0.2, 0.25) is 0 Å². The number of benzene rings is 1. The maximum absolute atomic E-state index is 14.3. The number of halogens is 1. The Morgan fingerprint density at radius 2 is 1.92 bits per heavy atom. The second kappa shape index (κ2) is 5.52. The Morgan fingerprint density at radius 3 is 2.72 bits per heavy atom. The molecule has 124 valence electrons. The molecular weight excluding hydrogens is 323 g/mol. The number of hydrogen-bond acceptors (Lipinski definition) is 6. The number of fused-ring (bicyclic) bond motifs is 1. The van der Waals surface area contributed by atoms with Crippen LogP contribution in [0.15, 0.2) is 42.9 Å². The van der Waals surface area contributed by atoms with Gasteiger partial charge in [0.1, 0.15) is 29.0 Å². The molecule has 0 radical (unpaired) electrons. The summed E-state index contributed by atoms with van der Waals surface area (Å²) in [6.45, 7) is 0. The van der Waals surface area contributed by atoms with Crippen molar-refractivity contribution in [1.82, 2.24) is 24.7 Å². The van der Waals surface area contributed by atoms with Crippen molar-refractivity contribution >= 4 is 16.9 Å². The molecule has 0 saturated carbocycles. The van der Waals surface area contributed by atoms with Crippen LogP contribution >= 0.6 is 0 Å². The van der Waals surface area contributed by atoms with Gasteiger partial charge in [-0.15, -0.1) is 0 Å². The molecule has 25 heavy (non-hydrogen) atoms. The maximum atomic E-state index is 14.3. The van der Waals surface area contributed by atoms with Crippen molar-refractivity contribution in [1.29, 1.82) is 0 Å². The first-order chi connectivity index (χ1) is 12.0. The molecule has 4 aromatic rings. The molecule has 8 heteroatoms. The summed E-state index contributed by atoms with van der Waals surface area (Å²) in [5, 5.41) is 14.1.